The van der Waals surface area contributed by atoms with Crippen molar-refractivity contribution in [1.29, 1.82) is 0 Å². The maximum Gasteiger partial charge on any atom is 0.224 e. The number of piperidine rings is 3. The summed E-state index contributed by atoms with van der Waals surface area (Å²) < 4.78 is 1.99. The van der Waals surface area contributed by atoms with E-state index in [2.05, 4.69) is 75.3 Å². The molecule has 2 aromatic carbocycles. The van der Waals surface area contributed by atoms with E-state index in [4.69, 9.17) is 0 Å². The van der Waals surface area contributed by atoms with Gasteiger partial charge in [0.2, 0.25) is 5.91 Å². The summed E-state index contributed by atoms with van der Waals surface area (Å²) in [5, 5.41) is 12.3. The molecule has 7 rings (SSSR count). The van der Waals surface area contributed by atoms with Crippen LogP contribution in [0, 0.1) is 11.8 Å². The Morgan fingerprint density at radius 2 is 1.66 bits per heavy atom. The number of benzene rings is 2. The maximum absolute atomic E-state index is 13.0. The molecular weight excluding hydrogens is 434 g/mol. The van der Waals surface area contributed by atoms with E-state index in [1.54, 1.807) is 0 Å². The Morgan fingerprint density at radius 1 is 0.914 bits per heavy atom. The number of nitrogens with one attached hydrogen (secondary N) is 1. The van der Waals surface area contributed by atoms with E-state index >= 15 is 0 Å². The molecule has 1 aromatic heterocycles. The third-order valence-corrected chi connectivity index (χ3v) is 8.39. The molecule has 0 radical (unpaired) electrons. The fraction of sp³-hybridized carbons (Fsp3) is 0.483. The van der Waals surface area contributed by atoms with Crippen LogP contribution in [0.1, 0.15) is 44.9 Å². The van der Waals surface area contributed by atoms with Crippen molar-refractivity contribution in [2.75, 3.05) is 13.1 Å². The van der Waals surface area contributed by atoms with Crippen LogP contribution in [0.4, 0.5) is 0 Å². The number of hydrogen-bond donors (Lipinski definition) is 1. The van der Waals surface area contributed by atoms with Gasteiger partial charge in [-0.2, -0.15) is 0 Å². The van der Waals surface area contributed by atoms with Gasteiger partial charge < -0.3 is 5.32 Å². The van der Waals surface area contributed by atoms with Gasteiger partial charge in [0.15, 0.2) is 0 Å². The highest BCUT2D eigenvalue weighted by Crippen LogP contribution is 2.37. The van der Waals surface area contributed by atoms with E-state index in [0.717, 1.165) is 56.6 Å². The highest BCUT2D eigenvalue weighted by molar-refractivity contribution is 5.79. The first kappa shape index (κ1) is 22.5. The number of amides is 1. The van der Waals surface area contributed by atoms with Crippen LogP contribution in [0.15, 0.2) is 60.8 Å². The summed E-state index contributed by atoms with van der Waals surface area (Å²) in [5.41, 5.74) is 4.41. The number of carbonyl (C=O) groups is 1. The minimum absolute atomic E-state index is 0.149. The van der Waals surface area contributed by atoms with Gasteiger partial charge in [-0.05, 0) is 49.3 Å². The average molecular weight is 470 g/mol. The van der Waals surface area contributed by atoms with Crippen molar-refractivity contribution < 1.29 is 4.79 Å². The summed E-state index contributed by atoms with van der Waals surface area (Å²) in [6.07, 6.45) is 10.4. The molecule has 1 saturated carbocycles. The Bertz CT molecular complexity index is 1140. The van der Waals surface area contributed by atoms with E-state index in [-0.39, 0.29) is 5.92 Å². The number of aromatic nitrogens is 3. The lowest BCUT2D eigenvalue weighted by molar-refractivity contribution is -0.134. The summed E-state index contributed by atoms with van der Waals surface area (Å²) in [4.78, 5) is 15.5. The minimum atomic E-state index is 0.149. The second-order valence-corrected chi connectivity index (χ2v) is 10.7. The lowest BCUT2D eigenvalue weighted by Crippen LogP contribution is -2.58. The molecular formula is C29H35N5O. The van der Waals surface area contributed by atoms with Gasteiger partial charge >= 0.3 is 0 Å². The van der Waals surface area contributed by atoms with Gasteiger partial charge in [-0.15, -0.1) is 5.10 Å². The summed E-state index contributed by atoms with van der Waals surface area (Å²) in [7, 11) is 0. The second-order valence-electron chi connectivity index (χ2n) is 10.7. The van der Waals surface area contributed by atoms with Crippen molar-refractivity contribution in [3.63, 3.8) is 0 Å². The molecule has 1 aliphatic carbocycles. The number of fused-ring (bicyclic) bond motifs is 3. The van der Waals surface area contributed by atoms with Crippen LogP contribution < -0.4 is 5.32 Å². The van der Waals surface area contributed by atoms with Crippen LogP contribution in [0.5, 0.6) is 0 Å². The van der Waals surface area contributed by atoms with Crippen molar-refractivity contribution in [1.82, 2.24) is 25.2 Å². The molecule has 1 unspecified atom stereocenters. The monoisotopic (exact) mass is 469 g/mol. The highest BCUT2D eigenvalue weighted by Gasteiger charge is 2.43. The molecule has 1 N–H and O–H groups in total. The van der Waals surface area contributed by atoms with Crippen LogP contribution >= 0.6 is 0 Å². The largest absolute Gasteiger partial charge is 0.353 e. The van der Waals surface area contributed by atoms with Gasteiger partial charge in [-0.3, -0.25) is 14.4 Å². The smallest absolute Gasteiger partial charge is 0.224 e. The average Bonchev–Trinajstić information content (AvgIpc) is 3.39. The van der Waals surface area contributed by atoms with E-state index in [1.165, 1.54) is 30.4 Å². The summed E-state index contributed by atoms with van der Waals surface area (Å²) in [5.74, 6) is 0.936. The van der Waals surface area contributed by atoms with Crippen molar-refractivity contribution >= 4 is 5.91 Å². The molecule has 182 valence electrons. The molecule has 3 aliphatic heterocycles. The molecule has 3 saturated heterocycles. The summed E-state index contributed by atoms with van der Waals surface area (Å²) in [6, 6.07) is 19.8. The fourth-order valence-electron chi connectivity index (χ4n) is 6.38. The highest BCUT2D eigenvalue weighted by atomic mass is 16.2. The van der Waals surface area contributed by atoms with E-state index in [1.807, 2.05) is 10.7 Å². The lowest BCUT2D eigenvalue weighted by atomic mass is 9.75. The standard InChI is InChI=1S/C29H35N5O/c35-29(30-25-9-5-2-6-10-25)27-19-33-16-15-24(27)17-26(33)18-34-20-28(31-32-34)23-13-11-22(12-14-23)21-7-3-1-4-8-21/h1,3-4,7-8,11-14,20,24-27H,2,5-6,9-10,15-19H2,(H,30,35)/t24-,26-,27-/m0/s1. The summed E-state index contributed by atoms with van der Waals surface area (Å²) in [6.45, 7) is 2.81. The first-order valence-corrected chi connectivity index (χ1v) is 13.3. The van der Waals surface area contributed by atoms with Crippen LogP contribution in [-0.4, -0.2) is 51.0 Å². The Hall–Kier alpha value is -2.99. The fourth-order valence-corrected chi connectivity index (χ4v) is 6.38. The predicted molar refractivity (Wildman–Crippen MR) is 137 cm³/mol. The van der Waals surface area contributed by atoms with E-state index in [0.29, 0.717) is 23.9 Å². The van der Waals surface area contributed by atoms with Crippen LogP contribution in [-0.2, 0) is 11.3 Å². The van der Waals surface area contributed by atoms with Crippen molar-refractivity contribution in [2.45, 2.75) is 63.6 Å². The van der Waals surface area contributed by atoms with E-state index in [9.17, 15) is 4.79 Å². The Kier molecular flexibility index (Phi) is 6.38. The minimum Gasteiger partial charge on any atom is -0.353 e. The zero-order chi connectivity index (χ0) is 23.6. The second kappa shape index (κ2) is 9.94. The molecule has 2 bridgehead atoms. The number of hydrogen-bond acceptors (Lipinski definition) is 4. The molecule has 4 aliphatic rings. The molecule has 6 nitrogen and oxygen atoms in total. The molecule has 4 heterocycles. The third-order valence-electron chi connectivity index (χ3n) is 8.39. The van der Waals surface area contributed by atoms with Crippen molar-refractivity contribution in [3.8, 4) is 22.4 Å². The van der Waals surface area contributed by atoms with Crippen LogP contribution in [0.2, 0.25) is 0 Å². The van der Waals surface area contributed by atoms with Gasteiger partial charge in [-0.1, -0.05) is 79.1 Å². The SMILES string of the molecule is O=C(NC1CCCCC1)[C@H]1CN2CC[C@H]1C[C@H]2Cn1cc(-c2ccc(-c3ccccc3)cc2)nn1. The van der Waals surface area contributed by atoms with Crippen LogP contribution in [0.3, 0.4) is 0 Å². The topological polar surface area (TPSA) is 63.1 Å². The molecule has 1 amide bonds. The molecule has 0 spiro atoms. The molecule has 6 heteroatoms. The number of carbonyl (C=O) groups excluding carboxylic acids is 1. The number of rotatable bonds is 6. The molecule has 4 fully saturated rings. The zero-order valence-electron chi connectivity index (χ0n) is 20.4. The maximum atomic E-state index is 13.0. The first-order chi connectivity index (χ1) is 17.2. The van der Waals surface area contributed by atoms with Gasteiger partial charge in [0.05, 0.1) is 18.7 Å². The lowest BCUT2D eigenvalue weighted by Gasteiger charge is -2.49. The quantitative estimate of drug-likeness (QED) is 0.565. The van der Waals surface area contributed by atoms with Crippen molar-refractivity contribution in [2.24, 2.45) is 11.8 Å². The zero-order valence-corrected chi connectivity index (χ0v) is 20.4. The normalized spacial score (nSPS) is 26.5. The Balaban J connectivity index is 1.07. The first-order valence-electron chi connectivity index (χ1n) is 13.3. The third kappa shape index (κ3) is 4.90. The molecule has 3 aromatic rings. The summed E-state index contributed by atoms with van der Waals surface area (Å²) >= 11 is 0. The van der Waals surface area contributed by atoms with Crippen LogP contribution in [0.25, 0.3) is 22.4 Å². The van der Waals surface area contributed by atoms with Gasteiger partial charge in [0.25, 0.3) is 0 Å². The molecule has 35 heavy (non-hydrogen) atoms. The van der Waals surface area contributed by atoms with Crippen molar-refractivity contribution in [3.05, 3.63) is 60.8 Å². The van der Waals surface area contributed by atoms with E-state index < -0.39 is 0 Å². The van der Waals surface area contributed by atoms with Gasteiger partial charge in [0, 0.05) is 24.2 Å². The Morgan fingerprint density at radius 3 is 2.40 bits per heavy atom. The van der Waals surface area contributed by atoms with Gasteiger partial charge in [-0.25, -0.2) is 0 Å². The number of nitrogens with zero attached hydrogens (tertiary/aromatic N) is 4. The Labute approximate surface area is 207 Å². The van der Waals surface area contributed by atoms with Gasteiger partial charge in [0.1, 0.15) is 5.69 Å². The molecule has 4 atom stereocenters. The predicted octanol–water partition coefficient (Wildman–Crippen LogP) is 4.77.